The Kier molecular flexibility index (Phi) is 6.54. The standard InChI is InChI=1S/C21H24FN3O4/c1-28-17-9-10-19(29-2)14(12-17)13-23-20(26)18-4-3-11-25(18)21(27)24-16-7-5-15(22)6-8-16/h5-10,12,18H,3-4,11,13H2,1-2H3,(H,23,26)(H,24,27)/t18-/m1/s1. The van der Waals surface area contributed by atoms with Crippen molar-refractivity contribution in [1.29, 1.82) is 0 Å². The van der Waals surface area contributed by atoms with E-state index in [0.29, 0.717) is 30.2 Å². The van der Waals surface area contributed by atoms with Gasteiger partial charge in [0.15, 0.2) is 0 Å². The van der Waals surface area contributed by atoms with Crippen molar-refractivity contribution in [3.63, 3.8) is 0 Å². The van der Waals surface area contributed by atoms with Crippen molar-refractivity contribution in [2.45, 2.75) is 25.4 Å². The first-order chi connectivity index (χ1) is 14.0. The molecule has 1 heterocycles. The Hall–Kier alpha value is -3.29. The van der Waals surface area contributed by atoms with E-state index in [1.807, 2.05) is 0 Å². The number of anilines is 1. The molecule has 29 heavy (non-hydrogen) atoms. The number of methoxy groups -OCH3 is 2. The van der Waals surface area contributed by atoms with Crippen LogP contribution in [-0.4, -0.2) is 43.6 Å². The van der Waals surface area contributed by atoms with Gasteiger partial charge in [-0.1, -0.05) is 0 Å². The first-order valence-electron chi connectivity index (χ1n) is 9.33. The highest BCUT2D eigenvalue weighted by atomic mass is 19.1. The van der Waals surface area contributed by atoms with Gasteiger partial charge in [0.1, 0.15) is 23.4 Å². The molecular formula is C21H24FN3O4. The number of urea groups is 1. The maximum atomic E-state index is 13.0. The minimum Gasteiger partial charge on any atom is -0.497 e. The maximum absolute atomic E-state index is 13.0. The summed E-state index contributed by atoms with van der Waals surface area (Å²) in [7, 11) is 3.13. The Bertz CT molecular complexity index is 873. The van der Waals surface area contributed by atoms with Crippen LogP contribution in [0.15, 0.2) is 42.5 Å². The predicted molar refractivity (Wildman–Crippen MR) is 107 cm³/mol. The maximum Gasteiger partial charge on any atom is 0.322 e. The topological polar surface area (TPSA) is 79.9 Å². The number of benzene rings is 2. The van der Waals surface area contributed by atoms with E-state index < -0.39 is 6.04 Å². The molecule has 3 amide bonds. The lowest BCUT2D eigenvalue weighted by molar-refractivity contribution is -0.124. The van der Waals surface area contributed by atoms with Gasteiger partial charge in [-0.3, -0.25) is 4.79 Å². The van der Waals surface area contributed by atoms with Gasteiger partial charge in [0.2, 0.25) is 5.91 Å². The average Bonchev–Trinajstić information content (AvgIpc) is 3.23. The molecule has 1 fully saturated rings. The number of carbonyl (C=O) groups is 2. The molecule has 7 nitrogen and oxygen atoms in total. The van der Waals surface area contributed by atoms with Crippen molar-refractivity contribution in [2.75, 3.05) is 26.1 Å². The number of carbonyl (C=O) groups excluding carboxylic acids is 2. The zero-order chi connectivity index (χ0) is 20.8. The summed E-state index contributed by atoms with van der Waals surface area (Å²) in [6.45, 7) is 0.733. The normalized spacial score (nSPS) is 15.7. The molecule has 2 aromatic carbocycles. The highest BCUT2D eigenvalue weighted by Gasteiger charge is 2.34. The summed E-state index contributed by atoms with van der Waals surface area (Å²) >= 11 is 0. The summed E-state index contributed by atoms with van der Waals surface area (Å²) in [5.74, 6) is 0.690. The lowest BCUT2D eigenvalue weighted by Gasteiger charge is -2.24. The van der Waals surface area contributed by atoms with Crippen molar-refractivity contribution in [3.05, 3.63) is 53.8 Å². The summed E-state index contributed by atoms with van der Waals surface area (Å²) < 4.78 is 23.6. The lowest BCUT2D eigenvalue weighted by atomic mass is 10.1. The SMILES string of the molecule is COc1ccc(OC)c(CNC(=O)[C@H]2CCCN2C(=O)Nc2ccc(F)cc2)c1. The summed E-state index contributed by atoms with van der Waals surface area (Å²) in [5.41, 5.74) is 1.25. The number of rotatable bonds is 6. The van der Waals surface area contributed by atoms with Gasteiger partial charge in [-0.2, -0.15) is 0 Å². The third-order valence-electron chi connectivity index (χ3n) is 4.85. The minimum absolute atomic E-state index is 0.235. The number of halogens is 1. The van der Waals surface area contributed by atoms with Crippen LogP contribution in [0.2, 0.25) is 0 Å². The van der Waals surface area contributed by atoms with E-state index in [-0.39, 0.29) is 24.3 Å². The smallest absolute Gasteiger partial charge is 0.322 e. The lowest BCUT2D eigenvalue weighted by Crippen LogP contribution is -2.47. The van der Waals surface area contributed by atoms with Gasteiger partial charge in [-0.05, 0) is 55.3 Å². The van der Waals surface area contributed by atoms with Crippen molar-refractivity contribution in [3.8, 4) is 11.5 Å². The van der Waals surface area contributed by atoms with Crippen molar-refractivity contribution >= 4 is 17.6 Å². The molecule has 0 unspecified atom stereocenters. The molecule has 1 aliphatic rings. The zero-order valence-electron chi connectivity index (χ0n) is 16.4. The van der Waals surface area contributed by atoms with E-state index in [9.17, 15) is 14.0 Å². The summed E-state index contributed by atoms with van der Waals surface area (Å²) in [6, 6.07) is 9.91. The van der Waals surface area contributed by atoms with Crippen molar-refractivity contribution in [2.24, 2.45) is 0 Å². The summed E-state index contributed by atoms with van der Waals surface area (Å²) in [4.78, 5) is 26.8. The van der Waals surface area contributed by atoms with Gasteiger partial charge in [0.05, 0.1) is 14.2 Å². The van der Waals surface area contributed by atoms with E-state index in [1.54, 1.807) is 32.4 Å². The van der Waals surface area contributed by atoms with Crippen LogP contribution in [0.25, 0.3) is 0 Å². The number of ether oxygens (including phenoxy) is 2. The molecule has 3 rings (SSSR count). The van der Waals surface area contributed by atoms with E-state index in [1.165, 1.54) is 29.2 Å². The molecule has 2 N–H and O–H groups in total. The second-order valence-corrected chi connectivity index (χ2v) is 6.68. The van der Waals surface area contributed by atoms with Crippen LogP contribution in [0.5, 0.6) is 11.5 Å². The molecule has 1 atom stereocenters. The van der Waals surface area contributed by atoms with E-state index in [2.05, 4.69) is 10.6 Å². The number of nitrogens with one attached hydrogen (secondary N) is 2. The third-order valence-corrected chi connectivity index (χ3v) is 4.85. The zero-order valence-corrected chi connectivity index (χ0v) is 16.4. The Balaban J connectivity index is 1.62. The molecule has 0 radical (unpaired) electrons. The number of hydrogen-bond donors (Lipinski definition) is 2. The fourth-order valence-electron chi connectivity index (χ4n) is 3.33. The second kappa shape index (κ2) is 9.27. The number of hydrogen-bond acceptors (Lipinski definition) is 4. The van der Waals surface area contributed by atoms with Crippen LogP contribution >= 0.6 is 0 Å². The van der Waals surface area contributed by atoms with E-state index in [0.717, 1.165) is 12.0 Å². The molecule has 0 saturated carbocycles. The Morgan fingerprint density at radius 1 is 1.14 bits per heavy atom. The molecule has 8 heteroatoms. The molecule has 2 aromatic rings. The fraction of sp³-hybridized carbons (Fsp3) is 0.333. The van der Waals surface area contributed by atoms with Crippen molar-refractivity contribution < 1.29 is 23.5 Å². The molecule has 1 aliphatic heterocycles. The third kappa shape index (κ3) is 4.96. The number of likely N-dealkylation sites (tertiary alicyclic amines) is 1. The quantitative estimate of drug-likeness (QED) is 0.779. The van der Waals surface area contributed by atoms with Gasteiger partial charge in [0.25, 0.3) is 0 Å². The van der Waals surface area contributed by atoms with E-state index >= 15 is 0 Å². The second-order valence-electron chi connectivity index (χ2n) is 6.68. The van der Waals surface area contributed by atoms with Gasteiger partial charge in [-0.15, -0.1) is 0 Å². The van der Waals surface area contributed by atoms with Crippen LogP contribution in [0, 0.1) is 5.82 Å². The molecule has 0 bridgehead atoms. The Labute approximate surface area is 168 Å². The van der Waals surface area contributed by atoms with Gasteiger partial charge in [0, 0.05) is 24.3 Å². The highest BCUT2D eigenvalue weighted by molar-refractivity contribution is 5.94. The van der Waals surface area contributed by atoms with E-state index in [4.69, 9.17) is 9.47 Å². The monoisotopic (exact) mass is 401 g/mol. The molecule has 0 aliphatic carbocycles. The van der Waals surface area contributed by atoms with Crippen LogP contribution in [0.4, 0.5) is 14.9 Å². The average molecular weight is 401 g/mol. The van der Waals surface area contributed by atoms with Gasteiger partial charge < -0.3 is 25.0 Å². The van der Waals surface area contributed by atoms with Crippen LogP contribution in [-0.2, 0) is 11.3 Å². The van der Waals surface area contributed by atoms with Gasteiger partial charge >= 0.3 is 6.03 Å². The molecule has 0 spiro atoms. The van der Waals surface area contributed by atoms with Crippen LogP contribution in [0.1, 0.15) is 18.4 Å². The summed E-state index contributed by atoms with van der Waals surface area (Å²) in [6.07, 6.45) is 1.31. The minimum atomic E-state index is -0.563. The molecular weight excluding hydrogens is 377 g/mol. The Morgan fingerprint density at radius 3 is 2.59 bits per heavy atom. The molecule has 154 valence electrons. The van der Waals surface area contributed by atoms with Gasteiger partial charge in [-0.25, -0.2) is 9.18 Å². The largest absolute Gasteiger partial charge is 0.497 e. The first-order valence-corrected chi connectivity index (χ1v) is 9.33. The molecule has 1 saturated heterocycles. The molecule has 0 aromatic heterocycles. The predicted octanol–water partition coefficient (Wildman–Crippen LogP) is 3.16. The number of amides is 3. The summed E-state index contributed by atoms with van der Waals surface area (Å²) in [5, 5.41) is 5.58. The van der Waals surface area contributed by atoms with Crippen LogP contribution in [0.3, 0.4) is 0 Å². The Morgan fingerprint density at radius 2 is 1.90 bits per heavy atom. The fourth-order valence-corrected chi connectivity index (χ4v) is 3.33. The van der Waals surface area contributed by atoms with Crippen molar-refractivity contribution in [1.82, 2.24) is 10.2 Å². The first kappa shape index (κ1) is 20.4. The number of nitrogens with zero attached hydrogens (tertiary/aromatic N) is 1. The highest BCUT2D eigenvalue weighted by Crippen LogP contribution is 2.24. The van der Waals surface area contributed by atoms with Crippen LogP contribution < -0.4 is 20.1 Å².